The first-order chi connectivity index (χ1) is 17.8. The molecule has 0 saturated carbocycles. The monoisotopic (exact) mass is 589 g/mol. The van der Waals surface area contributed by atoms with Gasteiger partial charge in [0, 0.05) is 29.7 Å². The van der Waals surface area contributed by atoms with Gasteiger partial charge in [-0.05, 0) is 72.5 Å². The lowest BCUT2D eigenvalue weighted by atomic mass is 10.1. The number of nitro benzene ring substituents is 1. The highest BCUT2D eigenvalue weighted by Gasteiger charge is 2.37. The molecule has 0 atom stereocenters. The number of piperidine rings is 1. The highest BCUT2D eigenvalue weighted by molar-refractivity contribution is 9.10. The van der Waals surface area contributed by atoms with E-state index in [0.717, 1.165) is 41.5 Å². The molecule has 194 valence electrons. The van der Waals surface area contributed by atoms with Gasteiger partial charge in [0.25, 0.3) is 16.8 Å². The van der Waals surface area contributed by atoms with Crippen LogP contribution in [0.2, 0.25) is 0 Å². The van der Waals surface area contributed by atoms with Gasteiger partial charge in [0.15, 0.2) is 11.5 Å². The van der Waals surface area contributed by atoms with Crippen LogP contribution in [0.15, 0.2) is 45.8 Å². The molecule has 4 rings (SSSR count). The molecule has 0 aliphatic carbocycles. The topological polar surface area (TPSA) is 119 Å². The third kappa shape index (κ3) is 6.31. The second kappa shape index (κ2) is 11.8. The number of carbonyl (C=O) groups is 3. The molecule has 2 saturated heterocycles. The van der Waals surface area contributed by atoms with Gasteiger partial charge in [-0.1, -0.05) is 15.9 Å². The Labute approximate surface area is 225 Å². The minimum Gasteiger partial charge on any atom is -0.493 e. The first-order valence-corrected chi connectivity index (χ1v) is 13.1. The predicted molar refractivity (Wildman–Crippen MR) is 141 cm³/mol. The Kier molecular flexibility index (Phi) is 8.49. The van der Waals surface area contributed by atoms with Gasteiger partial charge in [0.2, 0.25) is 5.91 Å². The molecule has 0 bridgehead atoms. The van der Waals surface area contributed by atoms with Gasteiger partial charge < -0.3 is 14.4 Å². The van der Waals surface area contributed by atoms with Crippen LogP contribution in [0.5, 0.6) is 11.5 Å². The van der Waals surface area contributed by atoms with Crippen molar-refractivity contribution in [1.82, 2.24) is 9.80 Å². The minimum absolute atomic E-state index is 0.00583. The van der Waals surface area contributed by atoms with Gasteiger partial charge in [-0.2, -0.15) is 0 Å². The largest absolute Gasteiger partial charge is 0.493 e. The zero-order chi connectivity index (χ0) is 26.5. The lowest BCUT2D eigenvalue weighted by Crippen LogP contribution is -2.44. The van der Waals surface area contributed by atoms with Crippen LogP contribution in [0.4, 0.5) is 10.5 Å². The molecule has 0 N–H and O–H groups in total. The average molecular weight is 590 g/mol. The van der Waals surface area contributed by atoms with E-state index >= 15 is 0 Å². The molecule has 2 aromatic rings. The molecule has 37 heavy (non-hydrogen) atoms. The van der Waals surface area contributed by atoms with Gasteiger partial charge >= 0.3 is 0 Å². The molecule has 2 aliphatic rings. The van der Waals surface area contributed by atoms with Crippen LogP contribution in [0.25, 0.3) is 6.08 Å². The Bertz CT molecular complexity index is 1260. The molecule has 0 spiro atoms. The zero-order valence-electron chi connectivity index (χ0n) is 20.0. The fourth-order valence-corrected chi connectivity index (χ4v) is 5.23. The molecule has 10 nitrogen and oxygen atoms in total. The van der Waals surface area contributed by atoms with E-state index in [-0.39, 0.29) is 29.7 Å². The summed E-state index contributed by atoms with van der Waals surface area (Å²) in [5, 5.41) is 10.3. The zero-order valence-corrected chi connectivity index (χ0v) is 22.4. The molecule has 2 fully saturated rings. The number of hydrogen-bond acceptors (Lipinski definition) is 8. The smallest absolute Gasteiger partial charge is 0.294 e. The maximum Gasteiger partial charge on any atom is 0.294 e. The number of non-ortho nitro benzene ring substituents is 1. The van der Waals surface area contributed by atoms with Crippen molar-refractivity contribution in [2.45, 2.75) is 25.9 Å². The number of nitrogens with zero attached hydrogens (tertiary/aromatic N) is 3. The van der Waals surface area contributed by atoms with E-state index in [1.165, 1.54) is 19.2 Å². The molecule has 2 aliphatic heterocycles. The van der Waals surface area contributed by atoms with E-state index < -0.39 is 16.1 Å². The Balaban J connectivity index is 1.46. The number of hydrogen-bond donors (Lipinski definition) is 0. The van der Waals surface area contributed by atoms with Crippen LogP contribution in [0, 0.1) is 10.1 Å². The van der Waals surface area contributed by atoms with Crippen molar-refractivity contribution in [1.29, 1.82) is 0 Å². The summed E-state index contributed by atoms with van der Waals surface area (Å²) in [5.74, 6) is 0.0892. The highest BCUT2D eigenvalue weighted by atomic mass is 79.9. The van der Waals surface area contributed by atoms with Crippen molar-refractivity contribution in [3.63, 3.8) is 0 Å². The van der Waals surface area contributed by atoms with Gasteiger partial charge in [-0.25, -0.2) is 0 Å². The summed E-state index contributed by atoms with van der Waals surface area (Å²) in [5.41, 5.74) is 1.32. The Morgan fingerprint density at radius 2 is 1.84 bits per heavy atom. The lowest BCUT2D eigenvalue weighted by molar-refractivity contribution is -0.384. The van der Waals surface area contributed by atoms with Crippen LogP contribution in [0.3, 0.4) is 0 Å². The number of amides is 3. The second-order valence-electron chi connectivity index (χ2n) is 8.45. The maximum absolute atomic E-state index is 12.9. The van der Waals surface area contributed by atoms with Crippen molar-refractivity contribution in [3.05, 3.63) is 67.0 Å². The molecule has 3 amide bonds. The highest BCUT2D eigenvalue weighted by Crippen LogP contribution is 2.38. The molecular formula is C25H24BrN3O7S. The molecule has 0 unspecified atom stereocenters. The van der Waals surface area contributed by atoms with Crippen LogP contribution in [0.1, 0.15) is 30.4 Å². The van der Waals surface area contributed by atoms with E-state index in [0.29, 0.717) is 34.6 Å². The first-order valence-electron chi connectivity index (χ1n) is 11.5. The maximum atomic E-state index is 12.9. The number of thioether (sulfide) groups is 1. The van der Waals surface area contributed by atoms with Crippen molar-refractivity contribution in [2.24, 2.45) is 0 Å². The molecular weight excluding hydrogens is 566 g/mol. The van der Waals surface area contributed by atoms with Gasteiger partial charge in [-0.3, -0.25) is 29.4 Å². The van der Waals surface area contributed by atoms with E-state index in [1.54, 1.807) is 35.2 Å². The number of benzene rings is 2. The summed E-state index contributed by atoms with van der Waals surface area (Å²) < 4.78 is 11.9. The quantitative estimate of drug-likeness (QED) is 0.240. The summed E-state index contributed by atoms with van der Waals surface area (Å²) >= 11 is 4.27. The van der Waals surface area contributed by atoms with Crippen molar-refractivity contribution in [2.75, 3.05) is 26.7 Å². The third-order valence-corrected chi connectivity index (χ3v) is 7.58. The Morgan fingerprint density at radius 1 is 1.14 bits per heavy atom. The van der Waals surface area contributed by atoms with E-state index in [2.05, 4.69) is 15.9 Å². The molecule has 2 heterocycles. The summed E-state index contributed by atoms with van der Waals surface area (Å²) in [6, 6.07) is 9.38. The van der Waals surface area contributed by atoms with Crippen LogP contribution < -0.4 is 9.47 Å². The molecule has 0 aromatic heterocycles. The number of nitro groups is 1. The van der Waals surface area contributed by atoms with Crippen LogP contribution in [-0.2, 0) is 16.2 Å². The number of carbonyl (C=O) groups excluding carboxylic acids is 3. The van der Waals surface area contributed by atoms with Gasteiger partial charge in [0.1, 0.15) is 13.2 Å². The standard InChI is InChI=1S/C25H24BrN3O7S/c1-35-20-11-17(19(26)13-21(20)36-15-16-5-7-18(8-6-16)29(33)34)12-22-24(31)28(25(32)37-22)14-23(30)27-9-3-2-4-10-27/h5-8,11-13H,2-4,9-10,14-15H2,1H3/b22-12-. The molecule has 12 heteroatoms. The predicted octanol–water partition coefficient (Wildman–Crippen LogP) is 4.99. The first kappa shape index (κ1) is 26.7. The van der Waals surface area contributed by atoms with Crippen molar-refractivity contribution in [3.8, 4) is 11.5 Å². The Morgan fingerprint density at radius 3 is 2.49 bits per heavy atom. The van der Waals surface area contributed by atoms with Crippen LogP contribution in [-0.4, -0.2) is 58.5 Å². The minimum atomic E-state index is -0.510. The second-order valence-corrected chi connectivity index (χ2v) is 10.3. The third-order valence-electron chi connectivity index (χ3n) is 5.99. The van der Waals surface area contributed by atoms with E-state index in [1.807, 2.05) is 0 Å². The summed E-state index contributed by atoms with van der Waals surface area (Å²) in [7, 11) is 1.48. The number of likely N-dealkylation sites (tertiary alicyclic amines) is 1. The number of imide groups is 1. The van der Waals surface area contributed by atoms with Crippen molar-refractivity contribution < 1.29 is 28.8 Å². The fraction of sp³-hybridized carbons (Fsp3) is 0.320. The number of ether oxygens (including phenoxy) is 2. The summed E-state index contributed by atoms with van der Waals surface area (Å²) in [6.45, 7) is 1.19. The molecule has 2 aromatic carbocycles. The van der Waals surface area contributed by atoms with E-state index in [9.17, 15) is 24.5 Å². The molecule has 0 radical (unpaired) electrons. The van der Waals surface area contributed by atoms with Crippen LogP contribution >= 0.6 is 27.7 Å². The lowest BCUT2D eigenvalue weighted by Gasteiger charge is -2.27. The summed E-state index contributed by atoms with van der Waals surface area (Å²) in [4.78, 5) is 51.3. The average Bonchev–Trinajstić information content (AvgIpc) is 3.16. The number of rotatable bonds is 8. The fourth-order valence-electron chi connectivity index (χ4n) is 3.96. The van der Waals surface area contributed by atoms with Gasteiger partial charge in [0.05, 0.1) is 16.9 Å². The van der Waals surface area contributed by atoms with E-state index in [4.69, 9.17) is 9.47 Å². The number of methoxy groups -OCH3 is 1. The normalized spacial score (nSPS) is 16.9. The number of halogens is 1. The van der Waals surface area contributed by atoms with Crippen molar-refractivity contribution >= 4 is 56.5 Å². The SMILES string of the molecule is COc1cc(/C=C2\SC(=O)N(CC(=O)N3CCCCC3)C2=O)c(Br)cc1OCc1ccc([N+](=O)[O-])cc1. The van der Waals surface area contributed by atoms with Gasteiger partial charge in [-0.15, -0.1) is 0 Å². The summed E-state index contributed by atoms with van der Waals surface area (Å²) in [6.07, 6.45) is 4.50. The Hall–Kier alpha value is -3.38.